The maximum absolute atomic E-state index is 12.6. The Balaban J connectivity index is 2.08. The van der Waals surface area contributed by atoms with Gasteiger partial charge in [0.1, 0.15) is 4.83 Å². The number of aliphatic hydroxyl groups is 1. The number of hydrogen-bond acceptors (Lipinski definition) is 4. The fourth-order valence-electron chi connectivity index (χ4n) is 2.62. The van der Waals surface area contributed by atoms with Gasteiger partial charge in [0.25, 0.3) is 5.91 Å². The van der Waals surface area contributed by atoms with E-state index in [0.717, 1.165) is 21.6 Å². The second-order valence-electron chi connectivity index (χ2n) is 5.39. The molecule has 0 bridgehead atoms. The first kappa shape index (κ1) is 17.0. The zero-order chi connectivity index (χ0) is 17.3. The highest BCUT2D eigenvalue weighted by Gasteiger charge is 2.21. The Bertz CT molecular complexity index is 887. The molecule has 0 radical (unpaired) electrons. The summed E-state index contributed by atoms with van der Waals surface area (Å²) >= 11 is 7.69. The van der Waals surface area contributed by atoms with Crippen LogP contribution in [0, 0.1) is 6.92 Å². The third-order valence-corrected chi connectivity index (χ3v) is 5.29. The molecule has 0 spiro atoms. The van der Waals surface area contributed by atoms with E-state index in [4.69, 9.17) is 16.7 Å². The Kier molecular flexibility index (Phi) is 4.89. The Labute approximate surface area is 149 Å². The summed E-state index contributed by atoms with van der Waals surface area (Å²) < 4.78 is 1.79. The summed E-state index contributed by atoms with van der Waals surface area (Å²) in [5.74, 6) is -0.0714. The van der Waals surface area contributed by atoms with Crippen LogP contribution in [0.1, 0.15) is 22.3 Å². The van der Waals surface area contributed by atoms with Gasteiger partial charge in [-0.15, -0.1) is 11.3 Å². The van der Waals surface area contributed by atoms with Gasteiger partial charge in [-0.05, 0) is 32.0 Å². The molecular weight excluding hydrogens is 346 g/mol. The van der Waals surface area contributed by atoms with Gasteiger partial charge in [0.05, 0.1) is 27.9 Å². The molecule has 126 valence electrons. The van der Waals surface area contributed by atoms with Gasteiger partial charge in [-0.2, -0.15) is 5.10 Å². The number of amides is 1. The smallest absolute Gasteiger partial charge is 0.264 e. The SMILES string of the molecule is CCN(CCO)C(=O)c1cc2c(C)nn(-c3ccccc3Cl)c2s1. The molecule has 0 fully saturated rings. The first-order valence-electron chi connectivity index (χ1n) is 7.71. The summed E-state index contributed by atoms with van der Waals surface area (Å²) in [6.07, 6.45) is 0. The quantitative estimate of drug-likeness (QED) is 0.754. The van der Waals surface area contributed by atoms with Gasteiger partial charge >= 0.3 is 0 Å². The summed E-state index contributed by atoms with van der Waals surface area (Å²) in [5.41, 5.74) is 1.64. The number of benzene rings is 1. The van der Waals surface area contributed by atoms with Crippen LogP contribution >= 0.6 is 22.9 Å². The van der Waals surface area contributed by atoms with Gasteiger partial charge in [-0.25, -0.2) is 4.68 Å². The first-order valence-corrected chi connectivity index (χ1v) is 8.90. The van der Waals surface area contributed by atoms with E-state index in [-0.39, 0.29) is 12.5 Å². The fourth-order valence-corrected chi connectivity index (χ4v) is 3.98. The Morgan fingerprint density at radius 1 is 1.42 bits per heavy atom. The van der Waals surface area contributed by atoms with Crippen LogP contribution in [0.5, 0.6) is 0 Å². The topological polar surface area (TPSA) is 58.4 Å². The number of halogens is 1. The average Bonchev–Trinajstić information content (AvgIpc) is 3.13. The van der Waals surface area contributed by atoms with Crippen molar-refractivity contribution in [1.29, 1.82) is 0 Å². The summed E-state index contributed by atoms with van der Waals surface area (Å²) in [4.78, 5) is 15.8. The molecule has 0 unspecified atom stereocenters. The third-order valence-electron chi connectivity index (χ3n) is 3.87. The van der Waals surface area contributed by atoms with Gasteiger partial charge in [-0.1, -0.05) is 23.7 Å². The number of carbonyl (C=O) groups excluding carboxylic acids is 1. The van der Waals surface area contributed by atoms with Crippen LogP contribution in [0.2, 0.25) is 5.02 Å². The molecule has 2 aromatic heterocycles. The van der Waals surface area contributed by atoms with Crippen molar-refractivity contribution in [3.05, 3.63) is 45.9 Å². The van der Waals surface area contributed by atoms with E-state index >= 15 is 0 Å². The van der Waals surface area contributed by atoms with E-state index in [1.807, 2.05) is 44.2 Å². The number of carbonyl (C=O) groups is 1. The lowest BCUT2D eigenvalue weighted by molar-refractivity contribution is 0.0737. The normalized spacial score (nSPS) is 11.2. The minimum atomic E-state index is -0.0714. The third kappa shape index (κ3) is 2.92. The Morgan fingerprint density at radius 3 is 2.83 bits per heavy atom. The second-order valence-corrected chi connectivity index (χ2v) is 6.82. The van der Waals surface area contributed by atoms with Crippen molar-refractivity contribution in [3.8, 4) is 5.69 Å². The number of thiophene rings is 1. The van der Waals surface area contributed by atoms with Crippen LogP contribution in [-0.2, 0) is 0 Å². The number of aromatic nitrogens is 2. The van der Waals surface area contributed by atoms with Gasteiger partial charge in [0, 0.05) is 18.5 Å². The molecule has 0 aliphatic rings. The monoisotopic (exact) mass is 363 g/mol. The summed E-state index contributed by atoms with van der Waals surface area (Å²) in [7, 11) is 0. The Hall–Kier alpha value is -1.89. The van der Waals surface area contributed by atoms with E-state index in [2.05, 4.69) is 5.10 Å². The van der Waals surface area contributed by atoms with Crippen molar-refractivity contribution in [3.63, 3.8) is 0 Å². The maximum atomic E-state index is 12.6. The number of aliphatic hydroxyl groups excluding tert-OH is 1. The lowest BCUT2D eigenvalue weighted by atomic mass is 10.3. The molecule has 2 heterocycles. The summed E-state index contributed by atoms with van der Waals surface area (Å²) in [6, 6.07) is 9.37. The molecule has 0 atom stereocenters. The average molecular weight is 364 g/mol. The molecule has 24 heavy (non-hydrogen) atoms. The van der Waals surface area contributed by atoms with Crippen molar-refractivity contribution in [2.75, 3.05) is 19.7 Å². The molecule has 0 saturated carbocycles. The summed E-state index contributed by atoms with van der Waals surface area (Å²) in [5, 5.41) is 15.2. The highest BCUT2D eigenvalue weighted by molar-refractivity contribution is 7.20. The Morgan fingerprint density at radius 2 is 2.17 bits per heavy atom. The lowest BCUT2D eigenvalue weighted by Gasteiger charge is -2.18. The largest absolute Gasteiger partial charge is 0.395 e. The molecule has 3 rings (SSSR count). The number of rotatable bonds is 5. The number of hydrogen-bond donors (Lipinski definition) is 1. The fraction of sp³-hybridized carbons (Fsp3) is 0.294. The minimum Gasteiger partial charge on any atom is -0.395 e. The van der Waals surface area contributed by atoms with E-state index < -0.39 is 0 Å². The predicted molar refractivity (Wildman–Crippen MR) is 97.4 cm³/mol. The van der Waals surface area contributed by atoms with Gasteiger partial charge in [-0.3, -0.25) is 4.79 Å². The van der Waals surface area contributed by atoms with Gasteiger partial charge in [0.15, 0.2) is 0 Å². The molecular formula is C17H18ClN3O2S. The number of nitrogens with zero attached hydrogens (tertiary/aromatic N) is 3. The molecule has 5 nitrogen and oxygen atoms in total. The van der Waals surface area contributed by atoms with Crippen LogP contribution in [-0.4, -0.2) is 45.4 Å². The molecule has 1 N–H and O–H groups in total. The van der Waals surface area contributed by atoms with E-state index in [1.165, 1.54) is 11.3 Å². The molecule has 1 aromatic carbocycles. The lowest BCUT2D eigenvalue weighted by Crippen LogP contribution is -2.32. The molecule has 7 heteroatoms. The van der Waals surface area contributed by atoms with Gasteiger partial charge in [0.2, 0.25) is 0 Å². The summed E-state index contributed by atoms with van der Waals surface area (Å²) in [6.45, 7) is 4.67. The first-order chi connectivity index (χ1) is 11.6. The van der Waals surface area contributed by atoms with Crippen LogP contribution in [0.15, 0.2) is 30.3 Å². The van der Waals surface area contributed by atoms with Crippen molar-refractivity contribution < 1.29 is 9.90 Å². The van der Waals surface area contributed by atoms with Crippen molar-refractivity contribution in [1.82, 2.24) is 14.7 Å². The minimum absolute atomic E-state index is 0.0447. The van der Waals surface area contributed by atoms with E-state index in [9.17, 15) is 4.79 Å². The predicted octanol–water partition coefficient (Wildman–Crippen LogP) is 3.50. The number of likely N-dealkylation sites (N-methyl/N-ethyl adjacent to an activating group) is 1. The zero-order valence-electron chi connectivity index (χ0n) is 13.5. The highest BCUT2D eigenvalue weighted by atomic mass is 35.5. The molecule has 3 aromatic rings. The van der Waals surface area contributed by atoms with Gasteiger partial charge < -0.3 is 10.0 Å². The van der Waals surface area contributed by atoms with Crippen molar-refractivity contribution >= 4 is 39.1 Å². The van der Waals surface area contributed by atoms with Crippen LogP contribution in [0.25, 0.3) is 15.9 Å². The van der Waals surface area contributed by atoms with Crippen LogP contribution < -0.4 is 0 Å². The van der Waals surface area contributed by atoms with E-state index in [0.29, 0.717) is 23.0 Å². The van der Waals surface area contributed by atoms with Crippen molar-refractivity contribution in [2.24, 2.45) is 0 Å². The molecule has 0 aliphatic heterocycles. The number of aryl methyl sites for hydroxylation is 1. The standard InChI is InChI=1S/C17H18ClN3O2S/c1-3-20(8-9-22)16(23)15-10-12-11(2)19-21(17(12)24-15)14-7-5-4-6-13(14)18/h4-7,10,22H,3,8-9H2,1-2H3. The van der Waals surface area contributed by atoms with E-state index in [1.54, 1.807) is 9.58 Å². The zero-order valence-corrected chi connectivity index (χ0v) is 15.1. The van der Waals surface area contributed by atoms with Crippen molar-refractivity contribution in [2.45, 2.75) is 13.8 Å². The molecule has 0 saturated heterocycles. The second kappa shape index (κ2) is 6.93. The molecule has 1 amide bonds. The highest BCUT2D eigenvalue weighted by Crippen LogP contribution is 2.32. The number of para-hydroxylation sites is 1. The number of fused-ring (bicyclic) bond motifs is 1. The van der Waals surface area contributed by atoms with Crippen LogP contribution in [0.4, 0.5) is 0 Å². The molecule has 0 aliphatic carbocycles. The maximum Gasteiger partial charge on any atom is 0.264 e. The van der Waals surface area contributed by atoms with Crippen LogP contribution in [0.3, 0.4) is 0 Å².